The van der Waals surface area contributed by atoms with E-state index < -0.39 is 0 Å². The number of hydrogen-bond donors (Lipinski definition) is 2. The third-order valence-corrected chi connectivity index (χ3v) is 3.15. The lowest BCUT2D eigenvalue weighted by molar-refractivity contribution is 0.480. The van der Waals surface area contributed by atoms with E-state index in [-0.39, 0.29) is 6.04 Å². The fourth-order valence-corrected chi connectivity index (χ4v) is 2.11. The van der Waals surface area contributed by atoms with Crippen molar-refractivity contribution in [3.8, 4) is 5.75 Å². The smallest absolute Gasteiger partial charge is 0.125 e. The predicted molar refractivity (Wildman–Crippen MR) is 66.8 cm³/mol. The van der Waals surface area contributed by atoms with Gasteiger partial charge < -0.3 is 15.0 Å². The van der Waals surface area contributed by atoms with Crippen LogP contribution in [0.4, 0.5) is 0 Å². The summed E-state index contributed by atoms with van der Waals surface area (Å²) < 4.78 is 2.16. The number of aryl methyl sites for hydroxylation is 1. The van der Waals surface area contributed by atoms with Gasteiger partial charge in [-0.1, -0.05) is 6.07 Å². The molecule has 3 nitrogen and oxygen atoms in total. The van der Waals surface area contributed by atoms with E-state index >= 15 is 0 Å². The van der Waals surface area contributed by atoms with Crippen LogP contribution in [0.5, 0.6) is 5.75 Å². The second-order valence-electron chi connectivity index (χ2n) is 4.05. The predicted octanol–water partition coefficient (Wildman–Crippen LogP) is 2.65. The molecule has 2 rings (SSSR count). The highest BCUT2D eigenvalue weighted by Crippen LogP contribution is 2.33. The summed E-state index contributed by atoms with van der Waals surface area (Å²) in [5.74, 6) is 0.363. The van der Waals surface area contributed by atoms with Crippen molar-refractivity contribution in [1.29, 1.82) is 0 Å². The molecule has 0 aliphatic heterocycles. The SMILES string of the molecule is CCn1cc(C(C)NC)c2c(O)cccc21. The van der Waals surface area contributed by atoms with Crippen molar-refractivity contribution < 1.29 is 5.11 Å². The van der Waals surface area contributed by atoms with Gasteiger partial charge in [0.1, 0.15) is 5.75 Å². The highest BCUT2D eigenvalue weighted by Gasteiger charge is 2.14. The summed E-state index contributed by atoms with van der Waals surface area (Å²) >= 11 is 0. The Morgan fingerprint density at radius 2 is 2.19 bits per heavy atom. The van der Waals surface area contributed by atoms with Crippen molar-refractivity contribution in [2.45, 2.75) is 26.4 Å². The molecule has 1 heterocycles. The Hall–Kier alpha value is -1.48. The van der Waals surface area contributed by atoms with Gasteiger partial charge in [-0.3, -0.25) is 0 Å². The van der Waals surface area contributed by atoms with Gasteiger partial charge in [-0.05, 0) is 38.6 Å². The van der Waals surface area contributed by atoms with Gasteiger partial charge in [-0.15, -0.1) is 0 Å². The molecular formula is C13H18N2O. The summed E-state index contributed by atoms with van der Waals surface area (Å²) in [6.45, 7) is 5.12. The van der Waals surface area contributed by atoms with Crippen LogP contribution in [0.3, 0.4) is 0 Å². The number of nitrogens with zero attached hydrogens (tertiary/aromatic N) is 1. The van der Waals surface area contributed by atoms with Crippen molar-refractivity contribution in [3.05, 3.63) is 30.0 Å². The first-order chi connectivity index (χ1) is 7.69. The van der Waals surface area contributed by atoms with Crippen LogP contribution in [-0.4, -0.2) is 16.7 Å². The standard InChI is InChI=1S/C13H18N2O/c1-4-15-8-10(9(2)14-3)13-11(15)6-5-7-12(13)16/h5-9,14,16H,4H2,1-3H3. The molecule has 0 aliphatic carbocycles. The Balaban J connectivity index is 2.74. The number of rotatable bonds is 3. The maximum absolute atomic E-state index is 9.96. The molecule has 0 bridgehead atoms. The molecule has 0 saturated carbocycles. The molecule has 1 aromatic carbocycles. The highest BCUT2D eigenvalue weighted by atomic mass is 16.3. The number of nitrogens with one attached hydrogen (secondary N) is 1. The van der Waals surface area contributed by atoms with E-state index in [0.717, 1.165) is 23.0 Å². The molecule has 2 N–H and O–H groups in total. The molecule has 16 heavy (non-hydrogen) atoms. The van der Waals surface area contributed by atoms with E-state index in [1.165, 1.54) is 0 Å². The van der Waals surface area contributed by atoms with Crippen LogP contribution in [0.15, 0.2) is 24.4 Å². The van der Waals surface area contributed by atoms with E-state index in [4.69, 9.17) is 0 Å². The molecule has 0 spiro atoms. The lowest BCUT2D eigenvalue weighted by Crippen LogP contribution is -2.11. The van der Waals surface area contributed by atoms with Crippen LogP contribution in [0.2, 0.25) is 0 Å². The lowest BCUT2D eigenvalue weighted by atomic mass is 10.1. The number of phenolic OH excluding ortho intramolecular Hbond substituents is 1. The van der Waals surface area contributed by atoms with Gasteiger partial charge in [0.25, 0.3) is 0 Å². The molecule has 2 aromatic rings. The fraction of sp³-hybridized carbons (Fsp3) is 0.385. The average Bonchev–Trinajstić information content (AvgIpc) is 2.68. The Bertz CT molecular complexity index is 502. The van der Waals surface area contributed by atoms with Gasteiger partial charge in [0.05, 0.1) is 5.52 Å². The van der Waals surface area contributed by atoms with Gasteiger partial charge in [0, 0.05) is 24.2 Å². The van der Waals surface area contributed by atoms with E-state index in [9.17, 15) is 5.11 Å². The Morgan fingerprint density at radius 1 is 1.44 bits per heavy atom. The van der Waals surface area contributed by atoms with Crippen molar-refractivity contribution in [1.82, 2.24) is 9.88 Å². The average molecular weight is 218 g/mol. The third kappa shape index (κ3) is 1.57. The van der Waals surface area contributed by atoms with Crippen molar-refractivity contribution in [3.63, 3.8) is 0 Å². The van der Waals surface area contributed by atoms with E-state index in [2.05, 4.69) is 29.9 Å². The van der Waals surface area contributed by atoms with Gasteiger partial charge >= 0.3 is 0 Å². The second-order valence-corrected chi connectivity index (χ2v) is 4.05. The molecule has 1 atom stereocenters. The number of benzene rings is 1. The summed E-state index contributed by atoms with van der Waals surface area (Å²) in [6, 6.07) is 5.92. The number of aromatic hydroxyl groups is 1. The first kappa shape index (κ1) is 11.0. The largest absolute Gasteiger partial charge is 0.507 e. The number of aromatic nitrogens is 1. The monoisotopic (exact) mass is 218 g/mol. The Kier molecular flexibility index (Phi) is 2.88. The normalized spacial score (nSPS) is 13.2. The van der Waals surface area contributed by atoms with E-state index in [0.29, 0.717) is 5.75 Å². The quantitative estimate of drug-likeness (QED) is 0.831. The minimum atomic E-state index is 0.239. The van der Waals surface area contributed by atoms with Crippen LogP contribution >= 0.6 is 0 Å². The van der Waals surface area contributed by atoms with Crippen LogP contribution < -0.4 is 5.32 Å². The number of phenols is 1. The molecule has 0 radical (unpaired) electrons. The van der Waals surface area contributed by atoms with Crippen molar-refractivity contribution in [2.75, 3.05) is 7.05 Å². The second kappa shape index (κ2) is 4.18. The molecule has 0 aliphatic rings. The zero-order chi connectivity index (χ0) is 11.7. The Morgan fingerprint density at radius 3 is 2.81 bits per heavy atom. The number of hydrogen-bond acceptors (Lipinski definition) is 2. The fourth-order valence-electron chi connectivity index (χ4n) is 2.11. The first-order valence-corrected chi connectivity index (χ1v) is 5.67. The minimum absolute atomic E-state index is 0.239. The van der Waals surface area contributed by atoms with Gasteiger partial charge in [0.2, 0.25) is 0 Å². The third-order valence-electron chi connectivity index (χ3n) is 3.15. The molecule has 0 amide bonds. The Labute approximate surface area is 95.7 Å². The van der Waals surface area contributed by atoms with Crippen LogP contribution in [0, 0.1) is 0 Å². The molecule has 1 aromatic heterocycles. The van der Waals surface area contributed by atoms with Crippen LogP contribution in [0.25, 0.3) is 10.9 Å². The summed E-state index contributed by atoms with van der Waals surface area (Å²) in [5.41, 5.74) is 2.25. The summed E-state index contributed by atoms with van der Waals surface area (Å²) in [5, 5.41) is 14.1. The van der Waals surface area contributed by atoms with Crippen molar-refractivity contribution in [2.24, 2.45) is 0 Å². The molecule has 3 heteroatoms. The van der Waals surface area contributed by atoms with Gasteiger partial charge in [-0.25, -0.2) is 0 Å². The molecular weight excluding hydrogens is 200 g/mol. The summed E-state index contributed by atoms with van der Waals surface area (Å²) in [4.78, 5) is 0. The van der Waals surface area contributed by atoms with Gasteiger partial charge in [0.15, 0.2) is 0 Å². The zero-order valence-corrected chi connectivity index (χ0v) is 9.99. The summed E-state index contributed by atoms with van der Waals surface area (Å²) in [7, 11) is 1.93. The maximum Gasteiger partial charge on any atom is 0.125 e. The topological polar surface area (TPSA) is 37.2 Å². The number of fused-ring (bicyclic) bond motifs is 1. The molecule has 0 fully saturated rings. The molecule has 0 saturated heterocycles. The van der Waals surface area contributed by atoms with Crippen LogP contribution in [0.1, 0.15) is 25.5 Å². The highest BCUT2D eigenvalue weighted by molar-refractivity contribution is 5.90. The van der Waals surface area contributed by atoms with E-state index in [1.807, 2.05) is 19.2 Å². The minimum Gasteiger partial charge on any atom is -0.507 e. The maximum atomic E-state index is 9.96. The van der Waals surface area contributed by atoms with Crippen molar-refractivity contribution >= 4 is 10.9 Å². The van der Waals surface area contributed by atoms with E-state index in [1.54, 1.807) is 6.07 Å². The first-order valence-electron chi connectivity index (χ1n) is 5.67. The lowest BCUT2D eigenvalue weighted by Gasteiger charge is -2.08. The summed E-state index contributed by atoms with van der Waals surface area (Å²) in [6.07, 6.45) is 2.12. The zero-order valence-electron chi connectivity index (χ0n) is 9.99. The van der Waals surface area contributed by atoms with Crippen LogP contribution in [-0.2, 0) is 6.54 Å². The van der Waals surface area contributed by atoms with Gasteiger partial charge in [-0.2, -0.15) is 0 Å². The molecule has 86 valence electrons. The molecule has 1 unspecified atom stereocenters.